The minimum atomic E-state index is 0.660. The number of nitrogens with zero attached hydrogens (tertiary/aromatic N) is 2. The van der Waals surface area contributed by atoms with Crippen LogP contribution in [0.5, 0.6) is 0 Å². The Morgan fingerprint density at radius 2 is 2.19 bits per heavy atom. The summed E-state index contributed by atoms with van der Waals surface area (Å²) in [6.45, 7) is 9.69. The van der Waals surface area contributed by atoms with E-state index >= 15 is 0 Å². The third-order valence-corrected chi connectivity index (χ3v) is 3.62. The van der Waals surface area contributed by atoms with Crippen molar-refractivity contribution < 1.29 is 0 Å². The van der Waals surface area contributed by atoms with Crippen LogP contribution in [0.4, 0.5) is 0 Å². The Morgan fingerprint density at radius 3 is 2.69 bits per heavy atom. The molecule has 2 nitrogen and oxygen atoms in total. The first kappa shape index (κ1) is 15.6. The zero-order chi connectivity index (χ0) is 12.4. The monoisotopic (exact) mass is 348 g/mol. The van der Waals surface area contributed by atoms with Crippen molar-refractivity contribution in [1.82, 2.24) is 9.55 Å². The summed E-state index contributed by atoms with van der Waals surface area (Å²) in [7, 11) is 0. The normalized spacial score (nSPS) is 11.9. The number of hydrogen-bond acceptors (Lipinski definition) is 1. The maximum absolute atomic E-state index is 4.22. The van der Waals surface area contributed by atoms with E-state index in [1.807, 2.05) is 36.6 Å². The molecule has 0 N–H and O–H groups in total. The van der Waals surface area contributed by atoms with Crippen molar-refractivity contribution in [3.63, 3.8) is 0 Å². The number of rotatable bonds is 4. The summed E-state index contributed by atoms with van der Waals surface area (Å²) in [5, 5.41) is 4.22. The van der Waals surface area contributed by atoms with Crippen LogP contribution in [0.3, 0.4) is 0 Å². The molecule has 1 aromatic heterocycles. The largest absolute Gasteiger partial charge is 0.245 e. The van der Waals surface area contributed by atoms with Crippen molar-refractivity contribution in [1.29, 1.82) is 0 Å². The minimum Gasteiger partial charge on any atom is -0.245 e. The van der Waals surface area contributed by atoms with Gasteiger partial charge < -0.3 is 0 Å². The van der Waals surface area contributed by atoms with Crippen LogP contribution in [0.15, 0.2) is 43.3 Å². The molecule has 0 bridgehead atoms. The number of hydrogen-bond donors (Lipinski definition) is 0. The third kappa shape index (κ3) is 5.61. The first-order valence-corrected chi connectivity index (χ1v) is 9.21. The zero-order valence-corrected chi connectivity index (χ0v) is 13.1. The van der Waals surface area contributed by atoms with E-state index in [1.54, 1.807) is 6.08 Å². The van der Waals surface area contributed by atoms with Gasteiger partial charge in [0.15, 0.2) is 0 Å². The summed E-state index contributed by atoms with van der Waals surface area (Å²) < 4.78 is 1.93. The van der Waals surface area contributed by atoms with Crippen LogP contribution in [-0.2, 0) is 0 Å². The lowest BCUT2D eigenvalue weighted by molar-refractivity contribution is 1.01. The number of halogens is 1. The van der Waals surface area contributed by atoms with Crippen molar-refractivity contribution in [2.24, 2.45) is 0 Å². The van der Waals surface area contributed by atoms with Gasteiger partial charge in [0.1, 0.15) is 0 Å². The van der Waals surface area contributed by atoms with E-state index in [9.17, 15) is 0 Å². The smallest absolute Gasteiger partial charge is 0.0677 e. The van der Waals surface area contributed by atoms with Crippen LogP contribution in [0, 0.1) is 0 Å². The maximum atomic E-state index is 4.22. The second-order valence-corrected chi connectivity index (χ2v) is 4.80. The van der Waals surface area contributed by atoms with E-state index < -0.39 is 0 Å². The Morgan fingerprint density at radius 1 is 1.50 bits per heavy atom. The lowest BCUT2D eigenvalue weighted by atomic mass is 10.1. The molecule has 16 heavy (non-hydrogen) atoms. The maximum Gasteiger partial charge on any atom is 0.0677 e. The number of allylic oxidation sites excluding steroid dienone is 5. The van der Waals surface area contributed by atoms with E-state index in [4.69, 9.17) is 0 Å². The highest BCUT2D eigenvalue weighted by atomic mass is 127. The summed E-state index contributed by atoms with van der Waals surface area (Å²) in [5.74, 6) is 0. The van der Waals surface area contributed by atoms with Gasteiger partial charge in [-0.15, -0.1) is 0 Å². The van der Waals surface area contributed by atoms with Crippen molar-refractivity contribution in [2.75, 3.05) is 0 Å². The molecule has 0 aliphatic heterocycles. The molecule has 88 valence electrons. The van der Waals surface area contributed by atoms with Gasteiger partial charge in [-0.2, -0.15) is 5.10 Å². The molecule has 1 unspecified atom stereocenters. The zero-order valence-electron chi connectivity index (χ0n) is 9.94. The van der Waals surface area contributed by atoms with Gasteiger partial charge in [-0.1, -0.05) is 44.7 Å². The second kappa shape index (κ2) is 9.79. The SMILES string of the molecule is C=C/C=C\C=C(/C)c1cnn(PI)c1.CC. The molecule has 1 atom stereocenters. The summed E-state index contributed by atoms with van der Waals surface area (Å²) in [4.78, 5) is 0. The Kier molecular flexibility index (Phi) is 9.54. The van der Waals surface area contributed by atoms with Crippen molar-refractivity contribution in [2.45, 2.75) is 20.8 Å². The fraction of sp³-hybridized carbons (Fsp3) is 0.250. The fourth-order valence-electron chi connectivity index (χ4n) is 0.947. The molecule has 1 aromatic rings. The molecule has 0 spiro atoms. The molecule has 0 radical (unpaired) electrons. The number of aromatic nitrogens is 2. The summed E-state index contributed by atoms with van der Waals surface area (Å²) in [6.07, 6.45) is 12.3. The Balaban J connectivity index is 0.00000106. The van der Waals surface area contributed by atoms with Gasteiger partial charge in [-0.05, 0) is 34.5 Å². The van der Waals surface area contributed by atoms with Crippen molar-refractivity contribution in [3.05, 3.63) is 48.8 Å². The molecular formula is C12H18IN2P. The minimum absolute atomic E-state index is 0.660. The van der Waals surface area contributed by atoms with Crippen LogP contribution in [-0.4, -0.2) is 9.55 Å². The standard InChI is InChI=1S/C10H12IN2P.C2H6/c1-3-4-5-6-9(2)10-7-12-13(8-10)14-11;1-2/h3-8,14H,1H2,2H3;1-2H3/b5-4-,9-6+;. The highest BCUT2D eigenvalue weighted by Gasteiger charge is 1.97. The summed E-state index contributed by atoms with van der Waals surface area (Å²) in [6, 6.07) is 0. The third-order valence-electron chi connectivity index (χ3n) is 1.72. The molecule has 1 heterocycles. The van der Waals surface area contributed by atoms with Crippen LogP contribution < -0.4 is 0 Å². The van der Waals surface area contributed by atoms with Gasteiger partial charge in [0.05, 0.1) is 12.6 Å². The molecule has 0 fully saturated rings. The van der Waals surface area contributed by atoms with E-state index in [2.05, 4.69) is 52.9 Å². The van der Waals surface area contributed by atoms with Gasteiger partial charge in [0, 0.05) is 11.8 Å². The summed E-state index contributed by atoms with van der Waals surface area (Å²) >= 11 is 2.31. The first-order chi connectivity index (χ1) is 7.77. The van der Waals surface area contributed by atoms with Crippen LogP contribution >= 0.6 is 28.4 Å². The van der Waals surface area contributed by atoms with Crippen molar-refractivity contribution >= 4 is 34.0 Å². The molecule has 0 saturated heterocycles. The fourth-order valence-corrected chi connectivity index (χ4v) is 2.03. The van der Waals surface area contributed by atoms with Crippen LogP contribution in [0.2, 0.25) is 0 Å². The van der Waals surface area contributed by atoms with E-state index in [1.165, 1.54) is 11.1 Å². The average molecular weight is 348 g/mol. The Labute approximate surface area is 113 Å². The van der Waals surface area contributed by atoms with Crippen molar-refractivity contribution in [3.8, 4) is 0 Å². The molecule has 4 heteroatoms. The van der Waals surface area contributed by atoms with Gasteiger partial charge in [-0.3, -0.25) is 0 Å². The van der Waals surface area contributed by atoms with E-state index in [0.29, 0.717) is 6.37 Å². The predicted octanol–water partition coefficient (Wildman–Crippen LogP) is 4.85. The lowest BCUT2D eigenvalue weighted by Gasteiger charge is -1.92. The van der Waals surface area contributed by atoms with Crippen LogP contribution in [0.1, 0.15) is 26.3 Å². The molecule has 0 aliphatic carbocycles. The summed E-state index contributed by atoms with van der Waals surface area (Å²) in [5.41, 5.74) is 2.38. The second-order valence-electron chi connectivity index (χ2n) is 2.73. The van der Waals surface area contributed by atoms with Gasteiger partial charge in [-0.25, -0.2) is 4.45 Å². The Bertz CT molecular complexity index is 367. The molecule has 0 aromatic carbocycles. The first-order valence-electron chi connectivity index (χ1n) is 5.15. The molecule has 0 saturated carbocycles. The highest BCUT2D eigenvalue weighted by Crippen LogP contribution is 2.24. The molecule has 0 amide bonds. The highest BCUT2D eigenvalue weighted by molar-refractivity contribution is 14.2. The van der Waals surface area contributed by atoms with Gasteiger partial charge in [0.2, 0.25) is 0 Å². The van der Waals surface area contributed by atoms with Gasteiger partial charge in [0.25, 0.3) is 0 Å². The quantitative estimate of drug-likeness (QED) is 0.432. The van der Waals surface area contributed by atoms with E-state index in [-0.39, 0.29) is 0 Å². The predicted molar refractivity (Wildman–Crippen MR) is 84.3 cm³/mol. The molecule has 0 aliphatic rings. The topological polar surface area (TPSA) is 17.8 Å². The van der Waals surface area contributed by atoms with E-state index in [0.717, 1.165) is 0 Å². The molecule has 1 rings (SSSR count). The Hall–Kier alpha value is -0.410. The lowest BCUT2D eigenvalue weighted by Crippen LogP contribution is -1.76. The van der Waals surface area contributed by atoms with Crippen LogP contribution in [0.25, 0.3) is 5.57 Å². The molecular weight excluding hydrogens is 330 g/mol. The average Bonchev–Trinajstić information content (AvgIpc) is 2.80. The van der Waals surface area contributed by atoms with Gasteiger partial charge >= 0.3 is 0 Å².